The highest BCUT2D eigenvalue weighted by molar-refractivity contribution is 6.03. The predicted molar refractivity (Wildman–Crippen MR) is 78.8 cm³/mol. The molecule has 0 atom stereocenters. The third kappa shape index (κ3) is 2.87. The molecule has 0 bridgehead atoms. The molecule has 0 radical (unpaired) electrons. The molecule has 0 saturated heterocycles. The van der Waals surface area contributed by atoms with Crippen LogP contribution in [0.25, 0.3) is 11.0 Å². The largest absolute Gasteiger partial charge is 0.335 e. The third-order valence-electron chi connectivity index (χ3n) is 2.98. The van der Waals surface area contributed by atoms with Crippen LogP contribution in [-0.2, 0) is 6.54 Å². The van der Waals surface area contributed by atoms with Gasteiger partial charge >= 0.3 is 0 Å². The number of nitrogens with two attached hydrogens (primary N) is 1. The van der Waals surface area contributed by atoms with Gasteiger partial charge in [-0.2, -0.15) is 0 Å². The lowest BCUT2D eigenvalue weighted by Crippen LogP contribution is -2.12. The molecule has 7 nitrogen and oxygen atoms in total. The van der Waals surface area contributed by atoms with Crippen LogP contribution in [0.1, 0.15) is 10.5 Å². The Labute approximate surface area is 120 Å². The monoisotopic (exact) mass is 282 g/mol. The van der Waals surface area contributed by atoms with Crippen LogP contribution in [0.5, 0.6) is 0 Å². The number of carbonyl (C=O) groups is 1. The molecule has 106 valence electrons. The molecular weight excluding hydrogens is 268 g/mol. The van der Waals surface area contributed by atoms with Crippen molar-refractivity contribution in [2.24, 2.45) is 5.73 Å². The van der Waals surface area contributed by atoms with Crippen LogP contribution in [0.2, 0.25) is 0 Å². The first-order valence-corrected chi connectivity index (χ1v) is 6.50. The van der Waals surface area contributed by atoms with Crippen molar-refractivity contribution in [3.63, 3.8) is 0 Å². The standard InChI is InChI=1S/C14H14N6O/c15-3-6-20-8-13(18-9-20)14(21)19-10-1-2-11-12(7-10)17-5-4-16-11/h1-2,4-5,7-9H,3,6,15H2,(H,19,21). The smallest absolute Gasteiger partial charge is 0.275 e. The van der Waals surface area contributed by atoms with Crippen molar-refractivity contribution in [2.45, 2.75) is 6.54 Å². The van der Waals surface area contributed by atoms with Gasteiger partial charge in [0.15, 0.2) is 0 Å². The van der Waals surface area contributed by atoms with Crippen LogP contribution in [0.15, 0.2) is 43.1 Å². The van der Waals surface area contributed by atoms with Crippen LogP contribution in [0.4, 0.5) is 5.69 Å². The fraction of sp³-hybridized carbons (Fsp3) is 0.143. The van der Waals surface area contributed by atoms with E-state index in [2.05, 4.69) is 20.3 Å². The fourth-order valence-electron chi connectivity index (χ4n) is 1.98. The summed E-state index contributed by atoms with van der Waals surface area (Å²) in [5, 5.41) is 2.79. The maximum Gasteiger partial charge on any atom is 0.275 e. The molecule has 1 aromatic carbocycles. The number of anilines is 1. The Hall–Kier alpha value is -2.80. The first-order chi connectivity index (χ1) is 10.3. The Kier molecular flexibility index (Phi) is 3.57. The highest BCUT2D eigenvalue weighted by atomic mass is 16.1. The quantitative estimate of drug-likeness (QED) is 0.745. The van der Waals surface area contributed by atoms with Crippen molar-refractivity contribution >= 4 is 22.6 Å². The molecule has 2 aromatic heterocycles. The van der Waals surface area contributed by atoms with Gasteiger partial charge in [0.25, 0.3) is 5.91 Å². The predicted octanol–water partition coefficient (Wildman–Crippen LogP) is 1.04. The maximum atomic E-state index is 12.1. The van der Waals surface area contributed by atoms with Crippen LogP contribution >= 0.6 is 0 Å². The normalized spacial score (nSPS) is 10.7. The van der Waals surface area contributed by atoms with Crippen molar-refractivity contribution in [3.8, 4) is 0 Å². The van der Waals surface area contributed by atoms with Gasteiger partial charge in [0.2, 0.25) is 0 Å². The van der Waals surface area contributed by atoms with E-state index in [1.165, 1.54) is 0 Å². The number of benzene rings is 1. The van der Waals surface area contributed by atoms with Crippen LogP contribution < -0.4 is 11.1 Å². The Morgan fingerprint density at radius 3 is 2.81 bits per heavy atom. The third-order valence-corrected chi connectivity index (χ3v) is 2.98. The molecule has 1 amide bonds. The van der Waals surface area contributed by atoms with Gasteiger partial charge in [-0.3, -0.25) is 14.8 Å². The van der Waals surface area contributed by atoms with Gasteiger partial charge in [0, 0.05) is 37.4 Å². The summed E-state index contributed by atoms with van der Waals surface area (Å²) in [5.41, 5.74) is 7.97. The Bertz CT molecular complexity index is 782. The van der Waals surface area contributed by atoms with Gasteiger partial charge in [0.1, 0.15) is 5.69 Å². The van der Waals surface area contributed by atoms with Crippen molar-refractivity contribution in [2.75, 3.05) is 11.9 Å². The number of nitrogens with zero attached hydrogens (tertiary/aromatic N) is 4. The van der Waals surface area contributed by atoms with Gasteiger partial charge in [-0.25, -0.2) is 4.98 Å². The van der Waals surface area contributed by atoms with E-state index in [1.54, 1.807) is 41.6 Å². The number of carbonyl (C=O) groups excluding carboxylic acids is 1. The van der Waals surface area contributed by atoms with E-state index in [9.17, 15) is 4.79 Å². The number of hydrogen-bond acceptors (Lipinski definition) is 5. The summed E-state index contributed by atoms with van der Waals surface area (Å²) in [7, 11) is 0. The van der Waals surface area contributed by atoms with E-state index in [1.807, 2.05) is 6.07 Å². The van der Waals surface area contributed by atoms with Gasteiger partial charge in [-0.1, -0.05) is 0 Å². The molecule has 7 heteroatoms. The first kappa shape index (κ1) is 13.2. The van der Waals surface area contributed by atoms with Crippen LogP contribution in [0, 0.1) is 0 Å². The van der Waals surface area contributed by atoms with Crippen molar-refractivity contribution in [3.05, 3.63) is 48.8 Å². The molecule has 0 aliphatic carbocycles. The fourth-order valence-corrected chi connectivity index (χ4v) is 1.98. The number of hydrogen-bond donors (Lipinski definition) is 2. The molecule has 2 heterocycles. The zero-order valence-corrected chi connectivity index (χ0v) is 11.2. The second-order valence-corrected chi connectivity index (χ2v) is 4.50. The van der Waals surface area contributed by atoms with E-state index in [0.29, 0.717) is 24.5 Å². The zero-order valence-electron chi connectivity index (χ0n) is 11.2. The Balaban J connectivity index is 1.78. The number of fused-ring (bicyclic) bond motifs is 1. The van der Waals surface area contributed by atoms with Crippen LogP contribution in [-0.4, -0.2) is 32.0 Å². The zero-order chi connectivity index (χ0) is 14.7. The SMILES string of the molecule is NCCn1cnc(C(=O)Nc2ccc3nccnc3c2)c1. The summed E-state index contributed by atoms with van der Waals surface area (Å²) in [4.78, 5) is 24.6. The van der Waals surface area contributed by atoms with Gasteiger partial charge in [0.05, 0.1) is 17.4 Å². The van der Waals surface area contributed by atoms with Crippen LogP contribution in [0.3, 0.4) is 0 Å². The average Bonchev–Trinajstić information content (AvgIpc) is 2.96. The number of aromatic nitrogens is 4. The van der Waals surface area contributed by atoms with Gasteiger partial charge in [-0.15, -0.1) is 0 Å². The maximum absolute atomic E-state index is 12.1. The molecule has 0 aliphatic heterocycles. The summed E-state index contributed by atoms with van der Waals surface area (Å²) < 4.78 is 1.78. The number of imidazole rings is 1. The van der Waals surface area contributed by atoms with E-state index in [-0.39, 0.29) is 5.91 Å². The lowest BCUT2D eigenvalue weighted by molar-refractivity contribution is 0.102. The molecular formula is C14H14N6O. The molecule has 0 spiro atoms. The van der Waals surface area contributed by atoms with Gasteiger partial charge in [-0.05, 0) is 18.2 Å². The second kappa shape index (κ2) is 5.68. The Morgan fingerprint density at radius 2 is 2.00 bits per heavy atom. The first-order valence-electron chi connectivity index (χ1n) is 6.50. The highest BCUT2D eigenvalue weighted by Gasteiger charge is 2.10. The molecule has 0 saturated carbocycles. The minimum absolute atomic E-state index is 0.269. The summed E-state index contributed by atoms with van der Waals surface area (Å²) >= 11 is 0. The lowest BCUT2D eigenvalue weighted by atomic mass is 10.2. The number of amides is 1. The summed E-state index contributed by atoms with van der Waals surface area (Å²) in [5.74, 6) is -0.269. The summed E-state index contributed by atoms with van der Waals surface area (Å²) in [6.07, 6.45) is 6.50. The average molecular weight is 282 g/mol. The molecule has 3 aromatic rings. The van der Waals surface area contributed by atoms with Crippen molar-refractivity contribution in [1.29, 1.82) is 0 Å². The second-order valence-electron chi connectivity index (χ2n) is 4.50. The summed E-state index contributed by atoms with van der Waals surface area (Å²) in [6, 6.07) is 5.37. The molecule has 21 heavy (non-hydrogen) atoms. The number of rotatable bonds is 4. The number of nitrogens with one attached hydrogen (secondary N) is 1. The lowest BCUT2D eigenvalue weighted by Gasteiger charge is -2.04. The van der Waals surface area contributed by atoms with E-state index in [0.717, 1.165) is 11.0 Å². The Morgan fingerprint density at radius 1 is 1.19 bits per heavy atom. The van der Waals surface area contributed by atoms with E-state index < -0.39 is 0 Å². The molecule has 3 rings (SSSR count). The molecule has 0 unspecified atom stereocenters. The van der Waals surface area contributed by atoms with Crippen molar-refractivity contribution in [1.82, 2.24) is 19.5 Å². The highest BCUT2D eigenvalue weighted by Crippen LogP contribution is 2.15. The van der Waals surface area contributed by atoms with Crippen molar-refractivity contribution < 1.29 is 4.79 Å². The van der Waals surface area contributed by atoms with E-state index >= 15 is 0 Å². The molecule has 0 aliphatic rings. The topological polar surface area (TPSA) is 98.7 Å². The minimum atomic E-state index is -0.269. The summed E-state index contributed by atoms with van der Waals surface area (Å²) in [6.45, 7) is 1.13. The van der Waals surface area contributed by atoms with Gasteiger partial charge < -0.3 is 15.6 Å². The van der Waals surface area contributed by atoms with E-state index in [4.69, 9.17) is 5.73 Å². The molecule has 0 fully saturated rings. The minimum Gasteiger partial charge on any atom is -0.335 e. The molecule has 3 N–H and O–H groups in total.